The van der Waals surface area contributed by atoms with Crippen molar-refractivity contribution in [2.75, 3.05) is 7.11 Å². The van der Waals surface area contributed by atoms with Crippen molar-refractivity contribution in [3.8, 4) is 5.75 Å². The number of rotatable bonds is 4. The summed E-state index contributed by atoms with van der Waals surface area (Å²) < 4.78 is 5.27. The van der Waals surface area contributed by atoms with E-state index in [9.17, 15) is 9.90 Å². The van der Waals surface area contributed by atoms with Gasteiger partial charge < -0.3 is 9.84 Å². The van der Waals surface area contributed by atoms with E-state index >= 15 is 0 Å². The van der Waals surface area contributed by atoms with Crippen LogP contribution < -0.4 is 4.74 Å². The Balaban J connectivity index is 2.15. The molecule has 0 saturated carbocycles. The Kier molecular flexibility index (Phi) is 3.41. The van der Waals surface area contributed by atoms with Crippen LogP contribution in [0.25, 0.3) is 23.1 Å². The number of nitrogens with one attached hydrogen (secondary N) is 1. The van der Waals surface area contributed by atoms with E-state index in [0.717, 1.165) is 10.5 Å². The highest BCUT2D eigenvalue weighted by molar-refractivity contribution is 7.10. The van der Waals surface area contributed by atoms with E-state index in [4.69, 9.17) is 4.74 Å². The number of ether oxygens (including phenoxy) is 1. The van der Waals surface area contributed by atoms with Crippen molar-refractivity contribution < 1.29 is 14.6 Å². The highest BCUT2D eigenvalue weighted by Crippen LogP contribution is 2.32. The van der Waals surface area contributed by atoms with Gasteiger partial charge in [-0.15, -0.1) is 11.3 Å². The molecule has 0 aliphatic heterocycles. The number of hydrogen-bond donors (Lipinski definition) is 2. The van der Waals surface area contributed by atoms with Gasteiger partial charge in [0.1, 0.15) is 16.3 Å². The number of nitrogens with zero attached hydrogens (tertiary/aromatic N) is 2. The average Bonchev–Trinajstić information content (AvgIpc) is 3.13. The SMILES string of the molecule is COc1c(C(=O)O)ccc2[nH]nc(C=Cc3nccs3)c12. The fraction of sp³-hybridized carbons (Fsp3) is 0.0714. The number of benzene rings is 1. The normalized spacial score (nSPS) is 11.3. The van der Waals surface area contributed by atoms with Crippen molar-refractivity contribution in [1.29, 1.82) is 0 Å². The van der Waals surface area contributed by atoms with Crippen molar-refractivity contribution in [3.05, 3.63) is 40.0 Å². The molecule has 0 amide bonds. The van der Waals surface area contributed by atoms with Gasteiger partial charge >= 0.3 is 5.97 Å². The summed E-state index contributed by atoms with van der Waals surface area (Å²) in [6.07, 6.45) is 5.33. The Labute approximate surface area is 123 Å². The minimum Gasteiger partial charge on any atom is -0.495 e. The van der Waals surface area contributed by atoms with Crippen molar-refractivity contribution in [2.24, 2.45) is 0 Å². The van der Waals surface area contributed by atoms with Gasteiger partial charge in [-0.05, 0) is 24.3 Å². The summed E-state index contributed by atoms with van der Waals surface area (Å²) in [5.74, 6) is -0.739. The standard InChI is InChI=1S/C14H11N3O3S/c1-20-13-8(14(18)19)2-3-9-12(13)10(17-16-9)4-5-11-15-6-7-21-11/h2-7H,1H3,(H,16,17)(H,18,19). The maximum Gasteiger partial charge on any atom is 0.339 e. The molecule has 0 radical (unpaired) electrons. The van der Waals surface area contributed by atoms with E-state index in [2.05, 4.69) is 15.2 Å². The first kappa shape index (κ1) is 13.3. The Bertz CT molecular complexity index is 821. The summed E-state index contributed by atoms with van der Waals surface area (Å²) in [6.45, 7) is 0. The molecule has 3 aromatic rings. The lowest BCUT2D eigenvalue weighted by molar-refractivity contribution is 0.0693. The van der Waals surface area contributed by atoms with Gasteiger partial charge in [0.2, 0.25) is 0 Å². The van der Waals surface area contributed by atoms with E-state index in [0.29, 0.717) is 16.8 Å². The zero-order chi connectivity index (χ0) is 14.8. The summed E-state index contributed by atoms with van der Waals surface area (Å²) in [6, 6.07) is 3.17. The predicted molar refractivity (Wildman–Crippen MR) is 80.6 cm³/mol. The van der Waals surface area contributed by atoms with Gasteiger partial charge in [-0.25, -0.2) is 9.78 Å². The largest absolute Gasteiger partial charge is 0.495 e. The van der Waals surface area contributed by atoms with Crippen molar-refractivity contribution in [1.82, 2.24) is 15.2 Å². The van der Waals surface area contributed by atoms with Crippen molar-refractivity contribution in [3.63, 3.8) is 0 Å². The molecule has 0 spiro atoms. The molecule has 2 N–H and O–H groups in total. The number of aromatic amines is 1. The predicted octanol–water partition coefficient (Wildman–Crippen LogP) is 2.90. The summed E-state index contributed by atoms with van der Waals surface area (Å²) in [5.41, 5.74) is 1.44. The van der Waals surface area contributed by atoms with Gasteiger partial charge in [0.15, 0.2) is 0 Å². The quantitative estimate of drug-likeness (QED) is 0.773. The summed E-state index contributed by atoms with van der Waals surface area (Å²) in [5, 5.41) is 19.7. The van der Waals surface area contributed by atoms with Gasteiger partial charge in [0.05, 0.1) is 23.7 Å². The van der Waals surface area contributed by atoms with E-state index in [-0.39, 0.29) is 5.56 Å². The lowest BCUT2D eigenvalue weighted by Gasteiger charge is -2.06. The molecule has 0 saturated heterocycles. The van der Waals surface area contributed by atoms with E-state index in [1.54, 1.807) is 18.3 Å². The number of thiazole rings is 1. The summed E-state index contributed by atoms with van der Waals surface area (Å²) in [4.78, 5) is 15.4. The summed E-state index contributed by atoms with van der Waals surface area (Å²) >= 11 is 1.51. The number of aromatic carboxylic acids is 1. The van der Waals surface area contributed by atoms with E-state index < -0.39 is 5.97 Å². The maximum absolute atomic E-state index is 11.3. The molecule has 6 nitrogen and oxygen atoms in total. The highest BCUT2D eigenvalue weighted by atomic mass is 32.1. The number of hydrogen-bond acceptors (Lipinski definition) is 5. The molecule has 106 valence electrons. The molecule has 0 bridgehead atoms. The number of fused-ring (bicyclic) bond motifs is 1. The lowest BCUT2D eigenvalue weighted by atomic mass is 10.1. The fourth-order valence-corrected chi connectivity index (χ4v) is 2.60. The topological polar surface area (TPSA) is 88.1 Å². The maximum atomic E-state index is 11.3. The van der Waals surface area contributed by atoms with Crippen LogP contribution in [0.5, 0.6) is 5.75 Å². The van der Waals surface area contributed by atoms with E-state index in [1.807, 2.05) is 11.5 Å². The first-order valence-corrected chi connectivity index (χ1v) is 6.94. The van der Waals surface area contributed by atoms with Crippen LogP contribution in [-0.4, -0.2) is 33.4 Å². The lowest BCUT2D eigenvalue weighted by Crippen LogP contribution is -2.00. The van der Waals surface area contributed by atoms with Gasteiger partial charge in [-0.3, -0.25) is 5.10 Å². The van der Waals surface area contributed by atoms with Crippen LogP contribution in [-0.2, 0) is 0 Å². The fourth-order valence-electron chi connectivity index (χ4n) is 2.07. The Hall–Kier alpha value is -2.67. The zero-order valence-electron chi connectivity index (χ0n) is 11.0. The van der Waals surface area contributed by atoms with Crippen molar-refractivity contribution in [2.45, 2.75) is 0 Å². The van der Waals surface area contributed by atoms with Crippen LogP contribution in [0, 0.1) is 0 Å². The monoisotopic (exact) mass is 301 g/mol. The third-order valence-electron chi connectivity index (χ3n) is 2.98. The minimum atomic E-state index is -1.04. The smallest absolute Gasteiger partial charge is 0.339 e. The number of H-pyrrole nitrogens is 1. The van der Waals surface area contributed by atoms with Crippen LogP contribution in [0.2, 0.25) is 0 Å². The Morgan fingerprint density at radius 3 is 2.95 bits per heavy atom. The molecule has 0 aliphatic rings. The molecular weight excluding hydrogens is 290 g/mol. The van der Waals surface area contributed by atoms with Crippen LogP contribution in [0.4, 0.5) is 0 Å². The average molecular weight is 301 g/mol. The molecule has 0 atom stereocenters. The second-order valence-electron chi connectivity index (χ2n) is 4.19. The molecule has 0 unspecified atom stereocenters. The van der Waals surface area contributed by atoms with Gasteiger partial charge in [0, 0.05) is 11.6 Å². The third kappa shape index (κ3) is 2.38. The van der Waals surface area contributed by atoms with Crippen LogP contribution in [0.15, 0.2) is 23.7 Å². The molecule has 3 rings (SSSR count). The first-order valence-electron chi connectivity index (χ1n) is 6.06. The first-order chi connectivity index (χ1) is 10.2. The molecule has 1 aromatic carbocycles. The molecule has 0 fully saturated rings. The molecule has 2 aromatic heterocycles. The van der Waals surface area contributed by atoms with Crippen LogP contribution >= 0.6 is 11.3 Å². The Morgan fingerprint density at radius 2 is 2.29 bits per heavy atom. The summed E-state index contributed by atoms with van der Waals surface area (Å²) in [7, 11) is 1.45. The van der Waals surface area contributed by atoms with Gasteiger partial charge in [-0.2, -0.15) is 5.10 Å². The second kappa shape index (κ2) is 5.37. The second-order valence-corrected chi connectivity index (χ2v) is 5.11. The Morgan fingerprint density at radius 1 is 1.43 bits per heavy atom. The number of aromatic nitrogens is 3. The molecule has 0 aliphatic carbocycles. The molecule has 2 heterocycles. The molecule has 7 heteroatoms. The van der Waals surface area contributed by atoms with Crippen LogP contribution in [0.1, 0.15) is 21.1 Å². The number of carboxylic acid groups (broad SMARTS) is 1. The minimum absolute atomic E-state index is 0.107. The highest BCUT2D eigenvalue weighted by Gasteiger charge is 2.17. The van der Waals surface area contributed by atoms with Gasteiger partial charge in [-0.1, -0.05) is 0 Å². The van der Waals surface area contributed by atoms with Gasteiger partial charge in [0.25, 0.3) is 0 Å². The number of methoxy groups -OCH3 is 1. The van der Waals surface area contributed by atoms with Crippen molar-refractivity contribution >= 4 is 40.4 Å². The molecule has 21 heavy (non-hydrogen) atoms. The number of carbonyl (C=O) groups is 1. The van der Waals surface area contributed by atoms with E-state index in [1.165, 1.54) is 24.5 Å². The number of carboxylic acids is 1. The third-order valence-corrected chi connectivity index (χ3v) is 3.72. The molecular formula is C14H11N3O3S. The van der Waals surface area contributed by atoms with Crippen LogP contribution in [0.3, 0.4) is 0 Å². The zero-order valence-corrected chi connectivity index (χ0v) is 11.8.